The van der Waals surface area contributed by atoms with Crippen molar-refractivity contribution in [1.82, 2.24) is 5.32 Å². The lowest BCUT2D eigenvalue weighted by Gasteiger charge is -2.15. The minimum Gasteiger partial charge on any atom is -0.449 e. The SMILES string of the molecule is C[C@@H](OC(=O)c1cccc(Cl)c1)C(=O)NCCC1=CCCCC1. The Labute approximate surface area is 141 Å². The van der Waals surface area contributed by atoms with Crippen LogP contribution in [0.3, 0.4) is 0 Å². The summed E-state index contributed by atoms with van der Waals surface area (Å²) in [5, 5.41) is 3.27. The summed E-state index contributed by atoms with van der Waals surface area (Å²) >= 11 is 5.84. The summed E-state index contributed by atoms with van der Waals surface area (Å²) in [6.07, 6.45) is 7.03. The molecule has 0 fully saturated rings. The first kappa shape index (κ1) is 17.5. The van der Waals surface area contributed by atoms with Crippen molar-refractivity contribution in [3.63, 3.8) is 0 Å². The Morgan fingerprint density at radius 2 is 2.17 bits per heavy atom. The van der Waals surface area contributed by atoms with Crippen LogP contribution >= 0.6 is 11.6 Å². The molecular formula is C18H22ClNO3. The number of ether oxygens (including phenoxy) is 1. The fourth-order valence-electron chi connectivity index (χ4n) is 2.52. The molecule has 0 heterocycles. The first-order valence-corrected chi connectivity index (χ1v) is 8.36. The zero-order valence-electron chi connectivity index (χ0n) is 13.3. The highest BCUT2D eigenvalue weighted by atomic mass is 35.5. The zero-order chi connectivity index (χ0) is 16.7. The summed E-state index contributed by atoms with van der Waals surface area (Å²) in [5.41, 5.74) is 1.74. The van der Waals surface area contributed by atoms with Gasteiger partial charge in [-0.3, -0.25) is 4.79 Å². The standard InChI is InChI=1S/C18H22ClNO3/c1-13(23-18(22)15-8-5-9-16(19)12-15)17(21)20-11-10-14-6-3-2-4-7-14/h5-6,8-9,12-13H,2-4,7,10-11H2,1H3,(H,20,21)/t13-/m1/s1. The number of allylic oxidation sites excluding steroid dienone is 1. The number of esters is 1. The number of rotatable bonds is 6. The highest BCUT2D eigenvalue weighted by molar-refractivity contribution is 6.30. The topological polar surface area (TPSA) is 55.4 Å². The second kappa shape index (κ2) is 8.73. The van der Waals surface area contributed by atoms with Crippen LogP contribution in [0, 0.1) is 0 Å². The number of halogens is 1. The van der Waals surface area contributed by atoms with Crippen LogP contribution < -0.4 is 5.32 Å². The van der Waals surface area contributed by atoms with Crippen LogP contribution in [0.15, 0.2) is 35.9 Å². The third-order valence-electron chi connectivity index (χ3n) is 3.84. The lowest BCUT2D eigenvalue weighted by molar-refractivity contribution is -0.129. The fraction of sp³-hybridized carbons (Fsp3) is 0.444. The molecule has 2 rings (SSSR count). The number of nitrogens with one attached hydrogen (secondary N) is 1. The monoisotopic (exact) mass is 335 g/mol. The van der Waals surface area contributed by atoms with Gasteiger partial charge in [-0.1, -0.05) is 29.3 Å². The molecule has 1 N–H and O–H groups in total. The predicted molar refractivity (Wildman–Crippen MR) is 90.5 cm³/mol. The van der Waals surface area contributed by atoms with Gasteiger partial charge in [-0.05, 0) is 57.2 Å². The van der Waals surface area contributed by atoms with E-state index in [2.05, 4.69) is 11.4 Å². The smallest absolute Gasteiger partial charge is 0.338 e. The van der Waals surface area contributed by atoms with Gasteiger partial charge in [0.15, 0.2) is 6.10 Å². The number of hydrogen-bond donors (Lipinski definition) is 1. The zero-order valence-corrected chi connectivity index (χ0v) is 14.1. The molecule has 4 nitrogen and oxygen atoms in total. The lowest BCUT2D eigenvalue weighted by Crippen LogP contribution is -2.36. The van der Waals surface area contributed by atoms with Gasteiger partial charge in [0, 0.05) is 11.6 Å². The van der Waals surface area contributed by atoms with Gasteiger partial charge in [-0.25, -0.2) is 4.79 Å². The number of carbonyl (C=O) groups excluding carboxylic acids is 2. The molecule has 0 bridgehead atoms. The molecule has 0 unspecified atom stereocenters. The van der Waals surface area contributed by atoms with Crippen LogP contribution in [0.1, 0.15) is 49.4 Å². The van der Waals surface area contributed by atoms with Gasteiger partial charge in [0.2, 0.25) is 0 Å². The van der Waals surface area contributed by atoms with Crippen LogP contribution in [0.5, 0.6) is 0 Å². The molecule has 1 aromatic rings. The normalized spacial score (nSPS) is 15.5. The summed E-state index contributed by atoms with van der Waals surface area (Å²) in [5.74, 6) is -0.832. The van der Waals surface area contributed by atoms with Crippen LogP contribution in [-0.2, 0) is 9.53 Å². The molecule has 1 aromatic carbocycles. The average Bonchev–Trinajstić information content (AvgIpc) is 2.55. The highest BCUT2D eigenvalue weighted by Crippen LogP contribution is 2.19. The Bertz CT molecular complexity index is 598. The van der Waals surface area contributed by atoms with E-state index in [1.54, 1.807) is 25.1 Å². The second-order valence-corrected chi connectivity index (χ2v) is 6.14. The van der Waals surface area contributed by atoms with Crippen molar-refractivity contribution in [2.24, 2.45) is 0 Å². The van der Waals surface area contributed by atoms with Crippen LogP contribution in [-0.4, -0.2) is 24.5 Å². The Morgan fingerprint density at radius 3 is 2.87 bits per heavy atom. The van der Waals surface area contributed by atoms with E-state index in [-0.39, 0.29) is 5.91 Å². The maximum absolute atomic E-state index is 12.0. The van der Waals surface area contributed by atoms with Crippen molar-refractivity contribution < 1.29 is 14.3 Å². The van der Waals surface area contributed by atoms with Gasteiger partial charge < -0.3 is 10.1 Å². The minimum atomic E-state index is -0.832. The van der Waals surface area contributed by atoms with E-state index in [1.165, 1.54) is 24.5 Å². The predicted octanol–water partition coefficient (Wildman–Crippen LogP) is 3.89. The van der Waals surface area contributed by atoms with Crippen molar-refractivity contribution in [2.75, 3.05) is 6.54 Å². The fourth-order valence-corrected chi connectivity index (χ4v) is 2.71. The van der Waals surface area contributed by atoms with Crippen molar-refractivity contribution in [3.8, 4) is 0 Å². The lowest BCUT2D eigenvalue weighted by atomic mass is 9.97. The first-order valence-electron chi connectivity index (χ1n) is 7.98. The Morgan fingerprint density at radius 1 is 1.35 bits per heavy atom. The van der Waals surface area contributed by atoms with Crippen LogP contribution in [0.4, 0.5) is 0 Å². The number of hydrogen-bond acceptors (Lipinski definition) is 3. The summed E-state index contributed by atoms with van der Waals surface area (Å²) in [6.45, 7) is 2.14. The molecule has 0 aliphatic heterocycles. The summed E-state index contributed by atoms with van der Waals surface area (Å²) in [7, 11) is 0. The van der Waals surface area contributed by atoms with Crippen molar-refractivity contribution in [2.45, 2.75) is 45.1 Å². The van der Waals surface area contributed by atoms with E-state index in [0.29, 0.717) is 17.1 Å². The van der Waals surface area contributed by atoms with Gasteiger partial charge in [-0.2, -0.15) is 0 Å². The number of carbonyl (C=O) groups is 2. The van der Waals surface area contributed by atoms with Gasteiger partial charge in [0.05, 0.1) is 5.56 Å². The number of amides is 1. The third kappa shape index (κ3) is 5.71. The highest BCUT2D eigenvalue weighted by Gasteiger charge is 2.18. The molecule has 1 amide bonds. The molecule has 124 valence electrons. The van der Waals surface area contributed by atoms with E-state index in [1.807, 2.05) is 0 Å². The Kier molecular flexibility index (Phi) is 6.66. The minimum absolute atomic E-state index is 0.281. The largest absolute Gasteiger partial charge is 0.449 e. The third-order valence-corrected chi connectivity index (χ3v) is 4.08. The summed E-state index contributed by atoms with van der Waals surface area (Å²) in [6, 6.07) is 6.47. The van der Waals surface area contributed by atoms with E-state index in [9.17, 15) is 9.59 Å². The Balaban J connectivity index is 1.76. The second-order valence-electron chi connectivity index (χ2n) is 5.71. The molecule has 0 spiro atoms. The van der Waals surface area contributed by atoms with Gasteiger partial charge >= 0.3 is 5.97 Å². The molecule has 1 atom stereocenters. The maximum atomic E-state index is 12.0. The molecule has 23 heavy (non-hydrogen) atoms. The van der Waals surface area contributed by atoms with E-state index in [0.717, 1.165) is 19.3 Å². The molecule has 0 radical (unpaired) electrons. The molecular weight excluding hydrogens is 314 g/mol. The van der Waals surface area contributed by atoms with E-state index in [4.69, 9.17) is 16.3 Å². The van der Waals surface area contributed by atoms with Gasteiger partial charge in [0.25, 0.3) is 5.91 Å². The van der Waals surface area contributed by atoms with Gasteiger partial charge in [-0.15, -0.1) is 0 Å². The Hall–Kier alpha value is -1.81. The molecule has 1 aliphatic carbocycles. The molecule has 0 aromatic heterocycles. The average molecular weight is 336 g/mol. The van der Waals surface area contributed by atoms with Gasteiger partial charge in [0.1, 0.15) is 0 Å². The molecule has 5 heteroatoms. The summed E-state index contributed by atoms with van der Waals surface area (Å²) < 4.78 is 5.17. The maximum Gasteiger partial charge on any atom is 0.338 e. The van der Waals surface area contributed by atoms with E-state index >= 15 is 0 Å². The first-order chi connectivity index (χ1) is 11.1. The molecule has 0 saturated carbocycles. The molecule has 0 saturated heterocycles. The van der Waals surface area contributed by atoms with Crippen LogP contribution in [0.2, 0.25) is 5.02 Å². The molecule has 1 aliphatic rings. The number of benzene rings is 1. The quantitative estimate of drug-likeness (QED) is 0.633. The van der Waals surface area contributed by atoms with Crippen LogP contribution in [0.25, 0.3) is 0 Å². The van der Waals surface area contributed by atoms with Crippen molar-refractivity contribution in [3.05, 3.63) is 46.5 Å². The van der Waals surface area contributed by atoms with Crippen molar-refractivity contribution in [1.29, 1.82) is 0 Å². The van der Waals surface area contributed by atoms with Crippen molar-refractivity contribution >= 4 is 23.5 Å². The van der Waals surface area contributed by atoms with E-state index < -0.39 is 12.1 Å². The summed E-state index contributed by atoms with van der Waals surface area (Å²) in [4.78, 5) is 23.9.